The van der Waals surface area contributed by atoms with Crippen molar-refractivity contribution in [3.8, 4) is 5.75 Å². The van der Waals surface area contributed by atoms with Crippen molar-refractivity contribution in [2.45, 2.75) is 39.1 Å². The first-order valence-corrected chi connectivity index (χ1v) is 10.3. The monoisotopic (exact) mass is 543 g/mol. The predicted octanol–water partition coefficient (Wildman–Crippen LogP) is 1.70. The molecule has 2 unspecified atom stereocenters. The topological polar surface area (TPSA) is 88.8 Å². The number of aromatic nitrogens is 3. The zero-order valence-electron chi connectivity index (χ0n) is 19.0. The molecular weight excluding hydrogens is 509 g/mol. The quantitative estimate of drug-likeness (QED) is 0.312. The van der Waals surface area contributed by atoms with E-state index in [4.69, 9.17) is 14.5 Å². The summed E-state index contributed by atoms with van der Waals surface area (Å²) in [6, 6.07) is 8.05. The summed E-state index contributed by atoms with van der Waals surface area (Å²) in [7, 11) is 5.75. The molecule has 2 aromatic rings. The van der Waals surface area contributed by atoms with E-state index >= 15 is 0 Å². The molecule has 1 aliphatic heterocycles. The molecule has 0 aliphatic carbocycles. The van der Waals surface area contributed by atoms with Crippen molar-refractivity contribution < 1.29 is 9.47 Å². The fourth-order valence-electron chi connectivity index (χ4n) is 3.24. The number of benzene rings is 1. The lowest BCUT2D eigenvalue weighted by molar-refractivity contribution is -0.0324. The first kappa shape index (κ1) is 25.3. The molecule has 0 radical (unpaired) electrons. The van der Waals surface area contributed by atoms with Gasteiger partial charge in [0.1, 0.15) is 11.6 Å². The molecule has 172 valence electrons. The van der Waals surface area contributed by atoms with Crippen LogP contribution in [-0.2, 0) is 24.9 Å². The highest BCUT2D eigenvalue weighted by molar-refractivity contribution is 14.0. The SMILES string of the molecule is COc1ccc(CN=C(NCc2nnc(C)n2C)NC(C)C2CN(C)CCO2)cc1.I. The highest BCUT2D eigenvalue weighted by atomic mass is 127. The number of morpholine rings is 1. The lowest BCUT2D eigenvalue weighted by atomic mass is 10.1. The minimum absolute atomic E-state index is 0. The number of halogens is 1. The summed E-state index contributed by atoms with van der Waals surface area (Å²) < 4.78 is 13.2. The van der Waals surface area contributed by atoms with Crippen molar-refractivity contribution in [3.63, 3.8) is 0 Å². The Kier molecular flexibility index (Phi) is 9.97. The average Bonchev–Trinajstić information content (AvgIpc) is 3.08. The van der Waals surface area contributed by atoms with Crippen molar-refractivity contribution in [3.05, 3.63) is 41.5 Å². The Balaban J connectivity index is 0.00000341. The number of aryl methyl sites for hydroxylation is 1. The fourth-order valence-corrected chi connectivity index (χ4v) is 3.24. The van der Waals surface area contributed by atoms with Crippen LogP contribution in [0, 0.1) is 6.92 Å². The van der Waals surface area contributed by atoms with E-state index in [1.807, 2.05) is 42.8 Å². The van der Waals surface area contributed by atoms with Gasteiger partial charge in [-0.1, -0.05) is 12.1 Å². The zero-order valence-corrected chi connectivity index (χ0v) is 21.3. The molecule has 2 atom stereocenters. The summed E-state index contributed by atoms with van der Waals surface area (Å²) in [5.41, 5.74) is 1.10. The summed E-state index contributed by atoms with van der Waals surface area (Å²) in [6.07, 6.45) is 0.105. The number of guanidine groups is 1. The molecule has 1 fully saturated rings. The second-order valence-corrected chi connectivity index (χ2v) is 7.69. The standard InChI is InChI=1S/C21H33N7O2.HI/c1-15(19-14-27(3)10-11-30-19)24-21(23-13-20-26-25-16(2)28(20)4)22-12-17-6-8-18(29-5)9-7-17;/h6-9,15,19H,10-14H2,1-5H3,(H2,22,23,24);1H. The molecule has 2 heterocycles. The fraction of sp³-hybridized carbons (Fsp3) is 0.571. The molecule has 31 heavy (non-hydrogen) atoms. The van der Waals surface area contributed by atoms with Crippen molar-refractivity contribution in [1.82, 2.24) is 30.3 Å². The molecule has 0 spiro atoms. The van der Waals surface area contributed by atoms with E-state index in [-0.39, 0.29) is 36.1 Å². The number of ether oxygens (including phenoxy) is 2. The number of aliphatic imine (C=N–C) groups is 1. The molecule has 10 heteroatoms. The Bertz CT molecular complexity index is 841. The van der Waals surface area contributed by atoms with Crippen LogP contribution in [0.1, 0.15) is 24.1 Å². The normalized spacial score (nSPS) is 18.2. The number of hydrogen-bond donors (Lipinski definition) is 2. The van der Waals surface area contributed by atoms with Crippen LogP contribution in [0.3, 0.4) is 0 Å². The van der Waals surface area contributed by atoms with Gasteiger partial charge in [0.05, 0.1) is 39.0 Å². The van der Waals surface area contributed by atoms with Crippen LogP contribution in [0.4, 0.5) is 0 Å². The summed E-state index contributed by atoms with van der Waals surface area (Å²) in [4.78, 5) is 7.07. The average molecular weight is 543 g/mol. The van der Waals surface area contributed by atoms with Crippen molar-refractivity contribution >= 4 is 29.9 Å². The van der Waals surface area contributed by atoms with Gasteiger partial charge in [0.25, 0.3) is 0 Å². The Morgan fingerprint density at radius 1 is 1.29 bits per heavy atom. The first-order chi connectivity index (χ1) is 14.5. The number of likely N-dealkylation sites (N-methyl/N-ethyl adjacent to an activating group) is 1. The zero-order chi connectivity index (χ0) is 21.5. The molecule has 9 nitrogen and oxygen atoms in total. The summed E-state index contributed by atoms with van der Waals surface area (Å²) >= 11 is 0. The molecule has 1 aromatic heterocycles. The van der Waals surface area contributed by atoms with E-state index in [1.54, 1.807) is 7.11 Å². The minimum atomic E-state index is 0. The van der Waals surface area contributed by atoms with Crippen LogP contribution in [-0.4, -0.2) is 71.6 Å². The maximum atomic E-state index is 5.96. The summed E-state index contributed by atoms with van der Waals surface area (Å²) in [5, 5.41) is 15.2. The third kappa shape index (κ3) is 7.32. The maximum Gasteiger partial charge on any atom is 0.192 e. The Morgan fingerprint density at radius 2 is 2.03 bits per heavy atom. The van der Waals surface area contributed by atoms with Gasteiger partial charge >= 0.3 is 0 Å². The van der Waals surface area contributed by atoms with Gasteiger partial charge in [0, 0.05) is 20.1 Å². The molecule has 1 aliphatic rings. The predicted molar refractivity (Wildman–Crippen MR) is 132 cm³/mol. The van der Waals surface area contributed by atoms with Crippen LogP contribution in [0.5, 0.6) is 5.75 Å². The Labute approximate surface area is 201 Å². The van der Waals surface area contributed by atoms with Crippen LogP contribution < -0.4 is 15.4 Å². The molecule has 1 saturated heterocycles. The van der Waals surface area contributed by atoms with Gasteiger partial charge < -0.3 is 29.6 Å². The van der Waals surface area contributed by atoms with Crippen LogP contribution in [0.25, 0.3) is 0 Å². The number of methoxy groups -OCH3 is 1. The minimum Gasteiger partial charge on any atom is -0.497 e. The Hall–Kier alpha value is -1.92. The van der Waals surface area contributed by atoms with Gasteiger partial charge in [0.15, 0.2) is 11.8 Å². The molecule has 3 rings (SSSR count). The molecule has 1 aromatic carbocycles. The first-order valence-electron chi connectivity index (χ1n) is 10.3. The van der Waals surface area contributed by atoms with Gasteiger partial charge in [-0.05, 0) is 38.6 Å². The van der Waals surface area contributed by atoms with Crippen molar-refractivity contribution in [2.75, 3.05) is 33.9 Å². The highest BCUT2D eigenvalue weighted by Crippen LogP contribution is 2.12. The van der Waals surface area contributed by atoms with E-state index in [1.165, 1.54) is 0 Å². The summed E-state index contributed by atoms with van der Waals surface area (Å²) in [5.74, 6) is 3.29. The number of rotatable bonds is 7. The van der Waals surface area contributed by atoms with E-state index in [0.717, 1.165) is 48.6 Å². The van der Waals surface area contributed by atoms with E-state index in [0.29, 0.717) is 13.1 Å². The van der Waals surface area contributed by atoms with Gasteiger partial charge in [-0.15, -0.1) is 34.2 Å². The van der Waals surface area contributed by atoms with Crippen LogP contribution in [0.15, 0.2) is 29.3 Å². The summed E-state index contributed by atoms with van der Waals surface area (Å²) in [6.45, 7) is 7.75. The number of nitrogens with zero attached hydrogens (tertiary/aromatic N) is 5. The largest absolute Gasteiger partial charge is 0.497 e. The van der Waals surface area contributed by atoms with Gasteiger partial charge in [-0.3, -0.25) is 0 Å². The van der Waals surface area contributed by atoms with Gasteiger partial charge in [0.2, 0.25) is 0 Å². The lowest BCUT2D eigenvalue weighted by Gasteiger charge is -2.34. The second-order valence-electron chi connectivity index (χ2n) is 7.69. The van der Waals surface area contributed by atoms with Crippen LogP contribution in [0.2, 0.25) is 0 Å². The maximum absolute atomic E-state index is 5.96. The molecule has 0 bridgehead atoms. The molecule has 0 amide bonds. The molecule has 2 N–H and O–H groups in total. The number of hydrogen-bond acceptors (Lipinski definition) is 6. The number of nitrogens with one attached hydrogen (secondary N) is 2. The van der Waals surface area contributed by atoms with Crippen LogP contribution >= 0.6 is 24.0 Å². The van der Waals surface area contributed by atoms with E-state index in [9.17, 15) is 0 Å². The highest BCUT2D eigenvalue weighted by Gasteiger charge is 2.24. The smallest absolute Gasteiger partial charge is 0.192 e. The van der Waals surface area contributed by atoms with Crippen molar-refractivity contribution in [2.24, 2.45) is 12.0 Å². The lowest BCUT2D eigenvalue weighted by Crippen LogP contribution is -2.53. The molecular formula is C21H34IN7O2. The van der Waals surface area contributed by atoms with Crippen molar-refractivity contribution in [1.29, 1.82) is 0 Å². The van der Waals surface area contributed by atoms with Gasteiger partial charge in [-0.2, -0.15) is 0 Å². The third-order valence-corrected chi connectivity index (χ3v) is 5.39. The second kappa shape index (κ2) is 12.2. The van der Waals surface area contributed by atoms with E-state index < -0.39 is 0 Å². The van der Waals surface area contributed by atoms with E-state index in [2.05, 4.69) is 39.7 Å². The van der Waals surface area contributed by atoms with Gasteiger partial charge in [-0.25, -0.2) is 4.99 Å². The third-order valence-electron chi connectivity index (χ3n) is 5.39. The Morgan fingerprint density at radius 3 is 2.65 bits per heavy atom. The molecule has 0 saturated carbocycles.